The first-order valence-electron chi connectivity index (χ1n) is 3.16. The summed E-state index contributed by atoms with van der Waals surface area (Å²) in [5.74, 6) is -2.39. The highest BCUT2D eigenvalue weighted by Gasteiger charge is 2.21. The van der Waals surface area contributed by atoms with E-state index in [1.807, 2.05) is 0 Å². The molecule has 0 amide bonds. The predicted molar refractivity (Wildman–Crippen MR) is 43.9 cm³/mol. The van der Waals surface area contributed by atoms with Crippen molar-refractivity contribution in [3.8, 4) is 0 Å². The molecule has 0 unspecified atom stereocenters. The lowest BCUT2D eigenvalue weighted by Crippen LogP contribution is -2.05. The van der Waals surface area contributed by atoms with Crippen molar-refractivity contribution in [2.45, 2.75) is 4.90 Å². The van der Waals surface area contributed by atoms with Crippen LogP contribution in [-0.2, 0) is 14.3 Å². The molecule has 0 aliphatic heterocycles. The minimum Gasteiger partial charge on any atom is -0.257 e. The molecule has 1 aromatic carbocycles. The lowest BCUT2D eigenvalue weighted by atomic mass is 10.3. The molecular formula is C7H3ClF2O3S. The summed E-state index contributed by atoms with van der Waals surface area (Å²) in [6.45, 7) is 0. The zero-order valence-corrected chi connectivity index (χ0v) is 8.07. The van der Waals surface area contributed by atoms with Crippen molar-refractivity contribution in [2.75, 3.05) is 0 Å². The zero-order valence-electron chi connectivity index (χ0n) is 6.50. The maximum absolute atomic E-state index is 12.9. The minimum atomic E-state index is -4.42. The Labute approximate surface area is 84.4 Å². The second kappa shape index (κ2) is 3.80. The molecular weight excluding hydrogens is 238 g/mol. The predicted octanol–water partition coefficient (Wildman–Crippen LogP) is 1.99. The van der Waals surface area contributed by atoms with Gasteiger partial charge in [-0.15, -0.1) is 0 Å². The van der Waals surface area contributed by atoms with Gasteiger partial charge in [-0.05, 0) is 6.07 Å². The molecule has 0 bridgehead atoms. The van der Waals surface area contributed by atoms with E-state index >= 15 is 0 Å². The molecule has 1 aromatic rings. The van der Waals surface area contributed by atoms with Crippen LogP contribution in [0.1, 0.15) is 0 Å². The van der Waals surface area contributed by atoms with Crippen LogP contribution in [0.2, 0.25) is 5.02 Å². The fourth-order valence-electron chi connectivity index (χ4n) is 0.748. The Hall–Kier alpha value is -0.720. The van der Waals surface area contributed by atoms with Crippen molar-refractivity contribution in [3.05, 3.63) is 35.9 Å². The van der Waals surface area contributed by atoms with Crippen LogP contribution in [-0.4, -0.2) is 8.42 Å². The Balaban J connectivity index is 3.45. The van der Waals surface area contributed by atoms with E-state index in [0.29, 0.717) is 12.1 Å². The largest absolute Gasteiger partial charge is 0.300 e. The van der Waals surface area contributed by atoms with Crippen LogP contribution in [0.4, 0.5) is 8.78 Å². The summed E-state index contributed by atoms with van der Waals surface area (Å²) >= 11 is 5.25. The normalized spacial score (nSPS) is 11.7. The van der Waals surface area contributed by atoms with Crippen LogP contribution in [0, 0.1) is 18.7 Å². The number of halogens is 3. The molecule has 0 fully saturated rings. The highest BCUT2D eigenvalue weighted by atomic mass is 35.5. The van der Waals surface area contributed by atoms with Crippen molar-refractivity contribution in [1.29, 1.82) is 0 Å². The fraction of sp³-hybridized carbons (Fsp3) is 0. The van der Waals surface area contributed by atoms with Gasteiger partial charge in [0.15, 0.2) is 0 Å². The van der Waals surface area contributed by atoms with Gasteiger partial charge < -0.3 is 0 Å². The quantitative estimate of drug-likeness (QED) is 0.587. The maximum Gasteiger partial charge on any atom is 0.300 e. The smallest absolute Gasteiger partial charge is 0.257 e. The zero-order chi connectivity index (χ0) is 10.9. The van der Waals surface area contributed by atoms with Crippen molar-refractivity contribution in [1.82, 2.24) is 0 Å². The van der Waals surface area contributed by atoms with Crippen LogP contribution in [0.15, 0.2) is 17.0 Å². The Kier molecular flexibility index (Phi) is 3.08. The van der Waals surface area contributed by atoms with Gasteiger partial charge in [-0.25, -0.2) is 8.78 Å². The summed E-state index contributed by atoms with van der Waals surface area (Å²) in [6.07, 6.45) is 0. The standard InChI is InChI=1S/C7H3ClF2O3S/c1-13-14(11,12)7-2-4(8)5(9)3-6(7)10/h1-3H. The van der Waals surface area contributed by atoms with Gasteiger partial charge >= 0.3 is 0 Å². The Morgan fingerprint density at radius 3 is 2.36 bits per heavy atom. The first kappa shape index (κ1) is 11.4. The second-order valence-corrected chi connectivity index (χ2v) is 4.19. The second-order valence-electron chi connectivity index (χ2n) is 2.25. The van der Waals surface area contributed by atoms with Crippen molar-refractivity contribution < 1.29 is 21.4 Å². The molecule has 0 saturated carbocycles. The molecule has 0 spiro atoms. The van der Waals surface area contributed by atoms with Gasteiger partial charge in [0.25, 0.3) is 10.1 Å². The van der Waals surface area contributed by atoms with Crippen molar-refractivity contribution in [3.63, 3.8) is 0 Å². The molecule has 0 heterocycles. The highest BCUT2D eigenvalue weighted by Crippen LogP contribution is 2.23. The summed E-state index contributed by atoms with van der Waals surface area (Å²) in [6, 6.07) is 0.905. The topological polar surface area (TPSA) is 43.4 Å². The Bertz CT molecular complexity index is 458. The number of rotatable bonds is 2. The van der Waals surface area contributed by atoms with Gasteiger partial charge in [0.05, 0.1) is 5.02 Å². The number of hydrogen-bond acceptors (Lipinski definition) is 3. The summed E-state index contributed by atoms with van der Waals surface area (Å²) in [7, 11) is -0.0126. The van der Waals surface area contributed by atoms with Crippen molar-refractivity contribution in [2.24, 2.45) is 0 Å². The fourth-order valence-corrected chi connectivity index (χ4v) is 1.64. The minimum absolute atomic E-state index is 0.328. The highest BCUT2D eigenvalue weighted by molar-refractivity contribution is 7.86. The summed E-state index contributed by atoms with van der Waals surface area (Å²) in [5, 5.41) is -0.540. The van der Waals surface area contributed by atoms with Crippen molar-refractivity contribution >= 4 is 21.7 Å². The average Bonchev–Trinajstić information content (AvgIpc) is 2.11. The lowest BCUT2D eigenvalue weighted by molar-refractivity contribution is 0.431. The molecule has 0 atom stereocenters. The SMILES string of the molecule is [CH]OS(=O)(=O)c1cc(Cl)c(F)cc1F. The molecule has 3 nitrogen and oxygen atoms in total. The maximum atomic E-state index is 12.9. The number of benzene rings is 1. The molecule has 7 heteroatoms. The lowest BCUT2D eigenvalue weighted by Gasteiger charge is -2.03. The summed E-state index contributed by atoms with van der Waals surface area (Å²) in [5.41, 5.74) is 0. The third-order valence-electron chi connectivity index (χ3n) is 1.37. The molecule has 1 rings (SSSR count). The third kappa shape index (κ3) is 2.02. The van der Waals surface area contributed by atoms with Gasteiger partial charge in [0.2, 0.25) is 0 Å². The first-order valence-corrected chi connectivity index (χ1v) is 4.95. The van der Waals surface area contributed by atoms with E-state index in [1.54, 1.807) is 0 Å². The monoisotopic (exact) mass is 240 g/mol. The van der Waals surface area contributed by atoms with Crippen LogP contribution in [0.5, 0.6) is 0 Å². The molecule has 0 aliphatic carbocycles. The molecule has 0 saturated heterocycles. The van der Waals surface area contributed by atoms with Gasteiger partial charge in [-0.2, -0.15) is 8.42 Å². The van der Waals surface area contributed by atoms with E-state index < -0.39 is 31.7 Å². The van der Waals surface area contributed by atoms with Gasteiger partial charge in [0, 0.05) is 6.07 Å². The summed E-state index contributed by atoms with van der Waals surface area (Å²) in [4.78, 5) is -0.911. The Morgan fingerprint density at radius 2 is 1.86 bits per heavy atom. The van der Waals surface area contributed by atoms with E-state index in [4.69, 9.17) is 11.6 Å². The molecule has 0 aromatic heterocycles. The van der Waals surface area contributed by atoms with E-state index in [2.05, 4.69) is 11.3 Å². The Morgan fingerprint density at radius 1 is 1.29 bits per heavy atom. The van der Waals surface area contributed by atoms with E-state index in [0.717, 1.165) is 0 Å². The van der Waals surface area contributed by atoms with Crippen LogP contribution in [0.25, 0.3) is 0 Å². The van der Waals surface area contributed by atoms with Gasteiger partial charge in [0.1, 0.15) is 23.6 Å². The van der Waals surface area contributed by atoms with Crippen LogP contribution in [0.3, 0.4) is 0 Å². The molecule has 2 radical (unpaired) electrons. The average molecular weight is 241 g/mol. The van der Waals surface area contributed by atoms with E-state index in [9.17, 15) is 17.2 Å². The molecule has 76 valence electrons. The van der Waals surface area contributed by atoms with E-state index in [1.165, 1.54) is 0 Å². The molecule has 14 heavy (non-hydrogen) atoms. The first-order chi connectivity index (χ1) is 6.38. The van der Waals surface area contributed by atoms with Crippen LogP contribution >= 0.6 is 11.6 Å². The van der Waals surface area contributed by atoms with Crippen LogP contribution < -0.4 is 0 Å². The number of hydrogen-bond donors (Lipinski definition) is 0. The summed E-state index contributed by atoms with van der Waals surface area (Å²) < 4.78 is 50.9. The molecule has 0 aliphatic rings. The third-order valence-corrected chi connectivity index (χ3v) is 2.77. The van der Waals surface area contributed by atoms with E-state index in [-0.39, 0.29) is 0 Å². The van der Waals surface area contributed by atoms with Gasteiger partial charge in [-0.1, -0.05) is 11.6 Å². The van der Waals surface area contributed by atoms with Gasteiger partial charge in [-0.3, -0.25) is 4.18 Å². The molecule has 0 N–H and O–H groups in total.